The molecule has 2 N–H and O–H groups in total. The molecule has 1 aromatic carbocycles. The summed E-state index contributed by atoms with van der Waals surface area (Å²) in [5.74, 6) is -0.362. The SMILES string of the molecule is CCCOCCC(N)Cc1cccc(Cl)c1F. The van der Waals surface area contributed by atoms with Crippen molar-refractivity contribution in [1.29, 1.82) is 0 Å². The molecule has 1 atom stereocenters. The molecule has 0 aliphatic rings. The first-order chi connectivity index (χ1) is 8.15. The van der Waals surface area contributed by atoms with E-state index in [0.29, 0.717) is 18.6 Å². The largest absolute Gasteiger partial charge is 0.381 e. The van der Waals surface area contributed by atoms with Gasteiger partial charge in [-0.3, -0.25) is 0 Å². The van der Waals surface area contributed by atoms with Gasteiger partial charge in [0.25, 0.3) is 0 Å². The second kappa shape index (κ2) is 7.64. The molecule has 96 valence electrons. The van der Waals surface area contributed by atoms with E-state index in [1.807, 2.05) is 0 Å². The van der Waals surface area contributed by atoms with Gasteiger partial charge in [0.05, 0.1) is 5.02 Å². The summed E-state index contributed by atoms with van der Waals surface area (Å²) in [6.07, 6.45) is 2.21. The van der Waals surface area contributed by atoms with E-state index in [9.17, 15) is 4.39 Å². The van der Waals surface area contributed by atoms with Crippen LogP contribution in [0.4, 0.5) is 4.39 Å². The summed E-state index contributed by atoms with van der Waals surface area (Å²) in [6, 6.07) is 4.89. The first-order valence-electron chi connectivity index (χ1n) is 5.91. The van der Waals surface area contributed by atoms with E-state index in [4.69, 9.17) is 22.1 Å². The van der Waals surface area contributed by atoms with Gasteiger partial charge in [-0.15, -0.1) is 0 Å². The Labute approximate surface area is 107 Å². The zero-order valence-electron chi connectivity index (χ0n) is 10.1. The quantitative estimate of drug-likeness (QED) is 0.764. The van der Waals surface area contributed by atoms with Crippen LogP contribution in [0.1, 0.15) is 25.3 Å². The van der Waals surface area contributed by atoms with Crippen LogP contribution in [0.5, 0.6) is 0 Å². The van der Waals surface area contributed by atoms with Crippen LogP contribution in [0.25, 0.3) is 0 Å². The Morgan fingerprint density at radius 1 is 1.41 bits per heavy atom. The maximum absolute atomic E-state index is 13.6. The van der Waals surface area contributed by atoms with Gasteiger partial charge in [0.1, 0.15) is 5.82 Å². The second-order valence-electron chi connectivity index (χ2n) is 4.08. The van der Waals surface area contributed by atoms with Crippen LogP contribution < -0.4 is 5.73 Å². The Morgan fingerprint density at radius 3 is 2.88 bits per heavy atom. The first kappa shape index (κ1) is 14.4. The third-order valence-corrected chi connectivity index (χ3v) is 2.79. The summed E-state index contributed by atoms with van der Waals surface area (Å²) in [6.45, 7) is 3.43. The number of hydrogen-bond acceptors (Lipinski definition) is 2. The molecule has 1 unspecified atom stereocenters. The lowest BCUT2D eigenvalue weighted by Gasteiger charge is -2.12. The Kier molecular flexibility index (Phi) is 6.48. The van der Waals surface area contributed by atoms with Crippen LogP contribution in [0.3, 0.4) is 0 Å². The van der Waals surface area contributed by atoms with Gasteiger partial charge in [0, 0.05) is 19.3 Å². The van der Waals surface area contributed by atoms with Crippen molar-refractivity contribution in [1.82, 2.24) is 0 Å². The van der Waals surface area contributed by atoms with Crippen LogP contribution in [0.2, 0.25) is 5.02 Å². The van der Waals surface area contributed by atoms with Crippen molar-refractivity contribution in [3.8, 4) is 0 Å². The maximum Gasteiger partial charge on any atom is 0.145 e. The zero-order chi connectivity index (χ0) is 12.7. The predicted octanol–water partition coefficient (Wildman–Crippen LogP) is 3.17. The third-order valence-electron chi connectivity index (χ3n) is 2.50. The van der Waals surface area contributed by atoms with Gasteiger partial charge >= 0.3 is 0 Å². The minimum atomic E-state index is -0.362. The molecule has 0 radical (unpaired) electrons. The highest BCUT2D eigenvalue weighted by atomic mass is 35.5. The highest BCUT2D eigenvalue weighted by Gasteiger charge is 2.10. The van der Waals surface area contributed by atoms with Crippen LogP contribution >= 0.6 is 11.6 Å². The van der Waals surface area contributed by atoms with Gasteiger partial charge in [-0.2, -0.15) is 0 Å². The van der Waals surface area contributed by atoms with Gasteiger partial charge in [-0.25, -0.2) is 4.39 Å². The lowest BCUT2D eigenvalue weighted by Crippen LogP contribution is -2.25. The van der Waals surface area contributed by atoms with E-state index >= 15 is 0 Å². The summed E-state index contributed by atoms with van der Waals surface area (Å²) < 4.78 is 18.9. The van der Waals surface area contributed by atoms with E-state index in [2.05, 4.69) is 6.92 Å². The number of benzene rings is 1. The van der Waals surface area contributed by atoms with Crippen LogP contribution in [-0.4, -0.2) is 19.3 Å². The van der Waals surface area contributed by atoms with Crippen molar-refractivity contribution in [3.63, 3.8) is 0 Å². The summed E-state index contributed by atoms with van der Waals surface area (Å²) in [5.41, 5.74) is 6.49. The van der Waals surface area contributed by atoms with Gasteiger partial charge < -0.3 is 10.5 Å². The van der Waals surface area contributed by atoms with Gasteiger partial charge in [0.2, 0.25) is 0 Å². The van der Waals surface area contributed by atoms with Crippen molar-refractivity contribution < 1.29 is 9.13 Å². The molecule has 17 heavy (non-hydrogen) atoms. The van der Waals surface area contributed by atoms with Gasteiger partial charge in [0.15, 0.2) is 0 Å². The highest BCUT2D eigenvalue weighted by Crippen LogP contribution is 2.19. The monoisotopic (exact) mass is 259 g/mol. The Bertz CT molecular complexity index is 346. The second-order valence-corrected chi connectivity index (χ2v) is 4.49. The molecule has 0 fully saturated rings. The number of hydrogen-bond donors (Lipinski definition) is 1. The van der Waals surface area contributed by atoms with E-state index in [1.54, 1.807) is 12.1 Å². The molecular formula is C13H19ClFNO. The van der Waals surface area contributed by atoms with Crippen molar-refractivity contribution in [3.05, 3.63) is 34.6 Å². The summed E-state index contributed by atoms with van der Waals surface area (Å²) >= 11 is 5.70. The van der Waals surface area contributed by atoms with E-state index in [0.717, 1.165) is 19.4 Å². The minimum absolute atomic E-state index is 0.0974. The Morgan fingerprint density at radius 2 is 2.18 bits per heavy atom. The van der Waals surface area contributed by atoms with Crippen molar-refractivity contribution >= 4 is 11.6 Å². The molecule has 2 nitrogen and oxygen atoms in total. The molecule has 0 heterocycles. The fourth-order valence-corrected chi connectivity index (χ4v) is 1.77. The fraction of sp³-hybridized carbons (Fsp3) is 0.538. The normalized spacial score (nSPS) is 12.7. The molecule has 0 aromatic heterocycles. The lowest BCUT2D eigenvalue weighted by molar-refractivity contribution is 0.127. The average molecular weight is 260 g/mol. The van der Waals surface area contributed by atoms with Crippen molar-refractivity contribution in [2.45, 2.75) is 32.2 Å². The minimum Gasteiger partial charge on any atom is -0.381 e. The third kappa shape index (κ3) is 5.02. The molecular weight excluding hydrogens is 241 g/mol. The van der Waals surface area contributed by atoms with Crippen molar-refractivity contribution in [2.75, 3.05) is 13.2 Å². The van der Waals surface area contributed by atoms with Gasteiger partial charge in [-0.1, -0.05) is 30.7 Å². The molecule has 0 aliphatic carbocycles. The molecule has 1 rings (SSSR count). The standard InChI is InChI=1S/C13H19ClFNO/c1-2-7-17-8-6-11(16)9-10-4-3-5-12(14)13(10)15/h3-5,11H,2,6-9,16H2,1H3. The highest BCUT2D eigenvalue weighted by molar-refractivity contribution is 6.30. The average Bonchev–Trinajstić information content (AvgIpc) is 2.31. The van der Waals surface area contributed by atoms with E-state index < -0.39 is 0 Å². The first-order valence-corrected chi connectivity index (χ1v) is 6.29. The molecule has 0 aliphatic heterocycles. The topological polar surface area (TPSA) is 35.2 Å². The smallest absolute Gasteiger partial charge is 0.145 e. The number of halogens is 2. The molecule has 4 heteroatoms. The van der Waals surface area contributed by atoms with Crippen molar-refractivity contribution in [2.24, 2.45) is 5.73 Å². The Balaban J connectivity index is 2.39. The summed E-state index contributed by atoms with van der Waals surface area (Å²) in [4.78, 5) is 0. The van der Waals surface area contributed by atoms with E-state index in [1.165, 1.54) is 6.07 Å². The molecule has 1 aromatic rings. The Hall–Kier alpha value is -0.640. The summed E-state index contributed by atoms with van der Waals surface area (Å²) in [7, 11) is 0. The predicted molar refractivity (Wildman–Crippen MR) is 68.8 cm³/mol. The molecule has 0 spiro atoms. The number of nitrogens with two attached hydrogens (primary N) is 1. The number of ether oxygens (including phenoxy) is 1. The molecule has 0 amide bonds. The van der Waals surface area contributed by atoms with Gasteiger partial charge in [-0.05, 0) is 30.9 Å². The van der Waals surface area contributed by atoms with Crippen LogP contribution in [0.15, 0.2) is 18.2 Å². The lowest BCUT2D eigenvalue weighted by atomic mass is 10.0. The summed E-state index contributed by atoms with van der Waals surface area (Å²) in [5, 5.41) is 0.150. The van der Waals surface area contributed by atoms with E-state index in [-0.39, 0.29) is 16.9 Å². The molecule has 0 saturated carbocycles. The number of rotatable bonds is 7. The maximum atomic E-state index is 13.6. The van der Waals surface area contributed by atoms with Crippen LogP contribution in [-0.2, 0) is 11.2 Å². The van der Waals surface area contributed by atoms with Crippen LogP contribution in [0, 0.1) is 5.82 Å². The molecule has 0 bridgehead atoms. The fourth-order valence-electron chi connectivity index (χ4n) is 1.57. The molecule has 0 saturated heterocycles. The zero-order valence-corrected chi connectivity index (χ0v) is 10.8.